The molecule has 4 rings (SSSR count). The molecule has 3 aromatic rings. The van der Waals surface area contributed by atoms with E-state index in [1.54, 1.807) is 6.07 Å². The summed E-state index contributed by atoms with van der Waals surface area (Å²) in [7, 11) is 0. The van der Waals surface area contributed by atoms with E-state index in [1.165, 1.54) is 17.1 Å². The van der Waals surface area contributed by atoms with Crippen molar-refractivity contribution in [2.45, 2.75) is 4.58 Å². The smallest absolute Gasteiger partial charge is 0.379 e. The monoisotopic (exact) mass is 342 g/mol. The van der Waals surface area contributed by atoms with Gasteiger partial charge in [-0.1, -0.05) is 30.3 Å². The van der Waals surface area contributed by atoms with Crippen LogP contribution in [0.5, 0.6) is 5.75 Å². The van der Waals surface area contributed by atoms with Crippen molar-refractivity contribution in [1.82, 2.24) is 0 Å². The molecule has 0 spiro atoms. The molecule has 0 saturated carbocycles. The van der Waals surface area contributed by atoms with Crippen LogP contribution in [0.3, 0.4) is 0 Å². The maximum atomic E-state index is 12.2. The van der Waals surface area contributed by atoms with Gasteiger partial charge in [-0.25, -0.2) is 4.79 Å². The van der Waals surface area contributed by atoms with E-state index in [2.05, 4.69) is 0 Å². The summed E-state index contributed by atoms with van der Waals surface area (Å²) >= 11 is 3.91. The molecule has 2 aromatic carbocycles. The van der Waals surface area contributed by atoms with E-state index in [-0.39, 0.29) is 5.76 Å². The first kappa shape index (κ1) is 14.7. The van der Waals surface area contributed by atoms with Crippen LogP contribution in [0.1, 0.15) is 20.7 Å². The fraction of sp³-hybridized carbons (Fsp3) is 0.167. The lowest BCUT2D eigenvalue weighted by Gasteiger charge is -2.09. The second-order valence-electron chi connectivity index (χ2n) is 5.18. The van der Waals surface area contributed by atoms with Gasteiger partial charge in [-0.05, 0) is 29.8 Å². The first-order valence-corrected chi connectivity index (χ1v) is 9.43. The number of esters is 1. The highest BCUT2D eigenvalue weighted by Gasteiger charge is 2.19. The molecule has 1 aliphatic heterocycles. The number of rotatable bonds is 3. The molecule has 116 valence electrons. The quantitative estimate of drug-likeness (QED) is 0.487. The van der Waals surface area contributed by atoms with E-state index in [0.29, 0.717) is 15.9 Å². The molecule has 0 atom stereocenters. The zero-order valence-corrected chi connectivity index (χ0v) is 13.9. The molecule has 1 saturated heterocycles. The summed E-state index contributed by atoms with van der Waals surface area (Å²) in [5, 5.41) is 0.894. The zero-order valence-electron chi connectivity index (χ0n) is 12.2. The highest BCUT2D eigenvalue weighted by Crippen LogP contribution is 2.45. The Morgan fingerprint density at radius 1 is 1.04 bits per heavy atom. The van der Waals surface area contributed by atoms with Gasteiger partial charge < -0.3 is 9.15 Å². The van der Waals surface area contributed by atoms with Gasteiger partial charge >= 0.3 is 5.97 Å². The molecule has 1 aromatic heterocycles. The van der Waals surface area contributed by atoms with Crippen LogP contribution in [0.2, 0.25) is 0 Å². The summed E-state index contributed by atoms with van der Waals surface area (Å²) in [5.41, 5.74) is 1.95. The van der Waals surface area contributed by atoms with E-state index in [9.17, 15) is 4.79 Å². The van der Waals surface area contributed by atoms with Crippen LogP contribution in [0.25, 0.3) is 11.0 Å². The number of ether oxygens (including phenoxy) is 1. The minimum absolute atomic E-state index is 0.220. The molecule has 2 heterocycles. The molecule has 1 fully saturated rings. The highest BCUT2D eigenvalue weighted by molar-refractivity contribution is 8.19. The lowest BCUT2D eigenvalue weighted by atomic mass is 10.2. The Bertz CT molecular complexity index is 800. The van der Waals surface area contributed by atoms with Gasteiger partial charge in [0, 0.05) is 16.9 Å². The van der Waals surface area contributed by atoms with Crippen LogP contribution >= 0.6 is 23.5 Å². The molecule has 5 heteroatoms. The summed E-state index contributed by atoms with van der Waals surface area (Å²) in [6.45, 7) is 0. The molecule has 0 amide bonds. The zero-order chi connectivity index (χ0) is 15.6. The maximum Gasteiger partial charge on any atom is 0.379 e. The average molecular weight is 342 g/mol. The molecule has 0 radical (unpaired) electrons. The largest absolute Gasteiger partial charge is 0.449 e. The molecule has 0 N–H and O–H groups in total. The topological polar surface area (TPSA) is 39.4 Å². The highest BCUT2D eigenvalue weighted by atomic mass is 32.2. The third kappa shape index (κ3) is 3.12. The number of hydrogen-bond acceptors (Lipinski definition) is 5. The Morgan fingerprint density at radius 2 is 1.78 bits per heavy atom. The van der Waals surface area contributed by atoms with Crippen LogP contribution < -0.4 is 4.74 Å². The van der Waals surface area contributed by atoms with E-state index in [1.807, 2.05) is 72.1 Å². The summed E-state index contributed by atoms with van der Waals surface area (Å²) in [5.74, 6) is 2.67. The Morgan fingerprint density at radius 3 is 2.52 bits per heavy atom. The second kappa shape index (κ2) is 6.34. The Kier molecular flexibility index (Phi) is 4.06. The minimum atomic E-state index is -0.474. The standard InChI is InChI=1S/C18H14O3S2/c19-17(16-11-13-3-1-2-4-15(13)21-16)20-14-7-5-12(6-8-14)18-22-9-10-23-18/h1-8,11,18H,9-10H2. The van der Waals surface area contributed by atoms with Crippen molar-refractivity contribution in [2.75, 3.05) is 11.5 Å². The summed E-state index contributed by atoms with van der Waals surface area (Å²) in [6, 6.07) is 17.0. The van der Waals surface area contributed by atoms with Gasteiger partial charge in [-0.15, -0.1) is 23.5 Å². The number of fused-ring (bicyclic) bond motifs is 1. The van der Waals surface area contributed by atoms with Gasteiger partial charge in [0.15, 0.2) is 0 Å². The fourth-order valence-electron chi connectivity index (χ4n) is 2.48. The number of benzene rings is 2. The maximum absolute atomic E-state index is 12.2. The van der Waals surface area contributed by atoms with Gasteiger partial charge in [0.1, 0.15) is 11.3 Å². The predicted octanol–water partition coefficient (Wildman–Crippen LogP) is 5.13. The Hall–Kier alpha value is -1.85. The van der Waals surface area contributed by atoms with Crippen molar-refractivity contribution in [3.63, 3.8) is 0 Å². The van der Waals surface area contributed by atoms with E-state index < -0.39 is 5.97 Å². The molecule has 0 aliphatic carbocycles. The molecule has 0 unspecified atom stereocenters. The minimum Gasteiger partial charge on any atom is -0.449 e. The Labute approximate surface area is 142 Å². The van der Waals surface area contributed by atoms with Gasteiger partial charge in [-0.2, -0.15) is 0 Å². The van der Waals surface area contributed by atoms with Crippen LogP contribution in [0.15, 0.2) is 59.0 Å². The molecule has 3 nitrogen and oxygen atoms in total. The van der Waals surface area contributed by atoms with Gasteiger partial charge in [0.05, 0.1) is 4.58 Å². The molecular formula is C18H14O3S2. The second-order valence-corrected chi connectivity index (χ2v) is 7.90. The molecule has 1 aliphatic rings. The molecule has 23 heavy (non-hydrogen) atoms. The van der Waals surface area contributed by atoms with Gasteiger partial charge in [0.25, 0.3) is 0 Å². The van der Waals surface area contributed by atoms with E-state index in [4.69, 9.17) is 9.15 Å². The van der Waals surface area contributed by atoms with Crippen molar-refractivity contribution >= 4 is 40.5 Å². The average Bonchev–Trinajstić information content (AvgIpc) is 3.25. The van der Waals surface area contributed by atoms with Crippen molar-refractivity contribution in [1.29, 1.82) is 0 Å². The molecular weight excluding hydrogens is 328 g/mol. The fourth-order valence-corrected chi connectivity index (χ4v) is 5.34. The normalized spacial score (nSPS) is 15.1. The summed E-state index contributed by atoms with van der Waals surface area (Å²) in [4.78, 5) is 12.2. The van der Waals surface area contributed by atoms with Crippen LogP contribution in [-0.4, -0.2) is 17.5 Å². The lowest BCUT2D eigenvalue weighted by molar-refractivity contribution is 0.0704. The third-order valence-corrected chi connectivity index (χ3v) is 6.72. The number of hydrogen-bond donors (Lipinski definition) is 0. The first-order chi connectivity index (χ1) is 11.3. The predicted molar refractivity (Wildman–Crippen MR) is 95.3 cm³/mol. The number of para-hydroxylation sites is 1. The third-order valence-electron chi connectivity index (χ3n) is 3.61. The Balaban J connectivity index is 1.49. The van der Waals surface area contributed by atoms with E-state index >= 15 is 0 Å². The van der Waals surface area contributed by atoms with Crippen molar-refractivity contribution in [3.05, 3.63) is 65.9 Å². The summed E-state index contributed by atoms with van der Waals surface area (Å²) in [6.07, 6.45) is 0. The van der Waals surface area contributed by atoms with Crippen LogP contribution in [-0.2, 0) is 0 Å². The summed E-state index contributed by atoms with van der Waals surface area (Å²) < 4.78 is 11.4. The number of furan rings is 1. The number of thioether (sulfide) groups is 2. The van der Waals surface area contributed by atoms with Gasteiger partial charge in [-0.3, -0.25) is 0 Å². The van der Waals surface area contributed by atoms with E-state index in [0.717, 1.165) is 5.39 Å². The SMILES string of the molecule is O=C(Oc1ccc(C2SCCS2)cc1)c1cc2ccccc2o1. The van der Waals surface area contributed by atoms with Crippen molar-refractivity contribution < 1.29 is 13.9 Å². The van der Waals surface area contributed by atoms with Crippen LogP contribution in [0, 0.1) is 0 Å². The number of carbonyl (C=O) groups excluding carboxylic acids is 1. The molecule has 0 bridgehead atoms. The van der Waals surface area contributed by atoms with Crippen molar-refractivity contribution in [2.24, 2.45) is 0 Å². The van der Waals surface area contributed by atoms with Crippen molar-refractivity contribution in [3.8, 4) is 5.75 Å². The number of carbonyl (C=O) groups is 1. The van der Waals surface area contributed by atoms with Crippen LogP contribution in [0.4, 0.5) is 0 Å². The van der Waals surface area contributed by atoms with Gasteiger partial charge in [0.2, 0.25) is 5.76 Å². The first-order valence-electron chi connectivity index (χ1n) is 7.33. The lowest BCUT2D eigenvalue weighted by Crippen LogP contribution is -2.07.